The first kappa shape index (κ1) is 15.4. The molecule has 1 aliphatic heterocycles. The summed E-state index contributed by atoms with van der Waals surface area (Å²) in [6.07, 6.45) is 0.862. The van der Waals surface area contributed by atoms with Crippen molar-refractivity contribution in [2.75, 3.05) is 48.5 Å². The Bertz CT molecular complexity index is 619. The summed E-state index contributed by atoms with van der Waals surface area (Å²) in [5.41, 5.74) is 3.23. The molecule has 2 aromatic rings. The SMILES string of the molecule is ONc1nc(NCCc2ccccc2)nc(N2CCOCC2)n1. The van der Waals surface area contributed by atoms with E-state index in [1.807, 2.05) is 28.6 Å². The van der Waals surface area contributed by atoms with E-state index in [1.54, 1.807) is 0 Å². The second-order valence-corrected chi connectivity index (χ2v) is 5.16. The maximum absolute atomic E-state index is 9.11. The maximum Gasteiger partial charge on any atom is 0.253 e. The maximum atomic E-state index is 9.11. The Morgan fingerprint density at radius 2 is 1.78 bits per heavy atom. The van der Waals surface area contributed by atoms with Gasteiger partial charge in [-0.1, -0.05) is 30.3 Å². The molecule has 1 aromatic carbocycles. The summed E-state index contributed by atoms with van der Waals surface area (Å²) in [6.45, 7) is 3.42. The fraction of sp³-hybridized carbons (Fsp3) is 0.400. The van der Waals surface area contributed by atoms with Crippen LogP contribution in [0.25, 0.3) is 0 Å². The van der Waals surface area contributed by atoms with Gasteiger partial charge in [-0.15, -0.1) is 0 Å². The smallest absolute Gasteiger partial charge is 0.253 e. The van der Waals surface area contributed by atoms with Crippen molar-refractivity contribution in [3.05, 3.63) is 35.9 Å². The third kappa shape index (κ3) is 4.27. The van der Waals surface area contributed by atoms with E-state index in [0.29, 0.717) is 31.7 Å². The Hall–Kier alpha value is -2.45. The molecule has 1 aromatic heterocycles. The zero-order valence-corrected chi connectivity index (χ0v) is 12.8. The van der Waals surface area contributed by atoms with Gasteiger partial charge < -0.3 is 15.0 Å². The van der Waals surface area contributed by atoms with Crippen LogP contribution in [0.3, 0.4) is 0 Å². The molecule has 2 heterocycles. The van der Waals surface area contributed by atoms with Gasteiger partial charge >= 0.3 is 0 Å². The molecule has 0 aliphatic carbocycles. The van der Waals surface area contributed by atoms with Crippen molar-refractivity contribution in [2.45, 2.75) is 6.42 Å². The lowest BCUT2D eigenvalue weighted by molar-refractivity contribution is 0.122. The Morgan fingerprint density at radius 3 is 2.52 bits per heavy atom. The van der Waals surface area contributed by atoms with Crippen molar-refractivity contribution in [2.24, 2.45) is 0 Å². The number of nitrogens with one attached hydrogen (secondary N) is 2. The lowest BCUT2D eigenvalue weighted by Gasteiger charge is -2.27. The molecular formula is C15H20N6O2. The molecule has 122 valence electrons. The molecule has 1 saturated heterocycles. The minimum atomic E-state index is 0.128. The molecule has 3 rings (SSSR count). The third-order valence-corrected chi connectivity index (χ3v) is 3.56. The Kier molecular flexibility index (Phi) is 5.17. The van der Waals surface area contributed by atoms with Gasteiger partial charge in [0.1, 0.15) is 0 Å². The fourth-order valence-corrected chi connectivity index (χ4v) is 2.36. The van der Waals surface area contributed by atoms with Crippen LogP contribution in [0.4, 0.5) is 17.8 Å². The van der Waals surface area contributed by atoms with Crippen LogP contribution in [0.1, 0.15) is 5.56 Å². The molecule has 8 heteroatoms. The van der Waals surface area contributed by atoms with Crippen LogP contribution in [0.15, 0.2) is 30.3 Å². The minimum absolute atomic E-state index is 0.128. The van der Waals surface area contributed by atoms with Crippen molar-refractivity contribution >= 4 is 17.8 Å². The van der Waals surface area contributed by atoms with Crippen LogP contribution in [-0.4, -0.2) is 53.0 Å². The zero-order valence-electron chi connectivity index (χ0n) is 12.8. The number of hydrogen-bond acceptors (Lipinski definition) is 8. The van der Waals surface area contributed by atoms with Gasteiger partial charge in [0.05, 0.1) is 13.2 Å². The Morgan fingerprint density at radius 1 is 1.04 bits per heavy atom. The van der Waals surface area contributed by atoms with Crippen molar-refractivity contribution in [1.29, 1.82) is 0 Å². The molecule has 0 radical (unpaired) electrons. The lowest BCUT2D eigenvalue weighted by atomic mass is 10.1. The van der Waals surface area contributed by atoms with Crippen LogP contribution in [0, 0.1) is 0 Å². The molecule has 1 fully saturated rings. The van der Waals surface area contributed by atoms with E-state index < -0.39 is 0 Å². The molecule has 1 aliphatic rings. The van der Waals surface area contributed by atoms with Crippen molar-refractivity contribution < 1.29 is 9.94 Å². The van der Waals surface area contributed by atoms with E-state index in [4.69, 9.17) is 9.94 Å². The average molecular weight is 316 g/mol. The number of benzene rings is 1. The predicted molar refractivity (Wildman–Crippen MR) is 86.9 cm³/mol. The van der Waals surface area contributed by atoms with Gasteiger partial charge in [-0.05, 0) is 12.0 Å². The Balaban J connectivity index is 1.65. The van der Waals surface area contributed by atoms with Crippen LogP contribution in [0.2, 0.25) is 0 Å². The standard InChI is InChI=1S/C15H20N6O2/c22-20-14-17-13(16-7-6-12-4-2-1-3-5-12)18-15(19-14)21-8-10-23-11-9-21/h1-5,22H,6-11H2,(H2,16,17,18,19,20). The highest BCUT2D eigenvalue weighted by molar-refractivity contribution is 5.43. The van der Waals surface area contributed by atoms with E-state index in [2.05, 4.69) is 32.4 Å². The summed E-state index contributed by atoms with van der Waals surface area (Å²) in [5.74, 6) is 1.10. The lowest BCUT2D eigenvalue weighted by Crippen LogP contribution is -2.37. The number of hydrogen-bond donors (Lipinski definition) is 3. The monoisotopic (exact) mass is 316 g/mol. The molecule has 3 N–H and O–H groups in total. The first-order valence-corrected chi connectivity index (χ1v) is 7.62. The summed E-state index contributed by atoms with van der Waals surface area (Å²) in [7, 11) is 0. The highest BCUT2D eigenvalue weighted by Crippen LogP contribution is 2.14. The molecule has 0 saturated carbocycles. The fourth-order valence-electron chi connectivity index (χ4n) is 2.36. The van der Waals surface area contributed by atoms with Gasteiger partial charge in [-0.3, -0.25) is 5.21 Å². The quantitative estimate of drug-likeness (QED) is 0.684. The summed E-state index contributed by atoms with van der Waals surface area (Å²) in [5, 5.41) is 12.3. The van der Waals surface area contributed by atoms with E-state index in [9.17, 15) is 0 Å². The van der Waals surface area contributed by atoms with Crippen LogP contribution in [-0.2, 0) is 11.2 Å². The minimum Gasteiger partial charge on any atom is -0.378 e. The van der Waals surface area contributed by atoms with Gasteiger partial charge in [-0.25, -0.2) is 5.48 Å². The number of anilines is 3. The summed E-state index contributed by atoms with van der Waals surface area (Å²) in [4.78, 5) is 14.7. The van der Waals surface area contributed by atoms with E-state index in [-0.39, 0.29) is 5.95 Å². The van der Waals surface area contributed by atoms with Gasteiger partial charge in [0, 0.05) is 19.6 Å². The zero-order chi connectivity index (χ0) is 15.9. The largest absolute Gasteiger partial charge is 0.378 e. The molecule has 0 unspecified atom stereocenters. The second-order valence-electron chi connectivity index (χ2n) is 5.16. The molecular weight excluding hydrogens is 296 g/mol. The number of rotatable bonds is 6. The molecule has 8 nitrogen and oxygen atoms in total. The molecule has 23 heavy (non-hydrogen) atoms. The molecule has 0 spiro atoms. The normalized spacial score (nSPS) is 14.6. The predicted octanol–water partition coefficient (Wildman–Crippen LogP) is 1.16. The Labute approximate surface area is 134 Å². The van der Waals surface area contributed by atoms with Gasteiger partial charge in [0.2, 0.25) is 11.9 Å². The highest BCUT2D eigenvalue weighted by atomic mass is 16.5. The number of aromatic nitrogens is 3. The van der Waals surface area contributed by atoms with E-state index in [1.165, 1.54) is 5.56 Å². The highest BCUT2D eigenvalue weighted by Gasteiger charge is 2.16. The van der Waals surface area contributed by atoms with Gasteiger partial charge in [0.25, 0.3) is 5.95 Å². The van der Waals surface area contributed by atoms with Crippen molar-refractivity contribution in [3.63, 3.8) is 0 Å². The van der Waals surface area contributed by atoms with E-state index in [0.717, 1.165) is 19.5 Å². The molecule has 0 atom stereocenters. The van der Waals surface area contributed by atoms with E-state index >= 15 is 0 Å². The average Bonchev–Trinajstić information content (AvgIpc) is 2.63. The van der Waals surface area contributed by atoms with Gasteiger partial charge in [0.15, 0.2) is 0 Å². The van der Waals surface area contributed by atoms with Crippen molar-refractivity contribution in [1.82, 2.24) is 15.0 Å². The number of ether oxygens (including phenoxy) is 1. The number of nitrogens with zero attached hydrogens (tertiary/aromatic N) is 4. The first-order valence-electron chi connectivity index (χ1n) is 7.62. The second kappa shape index (κ2) is 7.70. The summed E-state index contributed by atoms with van der Waals surface area (Å²) >= 11 is 0. The van der Waals surface area contributed by atoms with Crippen LogP contribution >= 0.6 is 0 Å². The topological polar surface area (TPSA) is 95.4 Å². The van der Waals surface area contributed by atoms with Crippen molar-refractivity contribution in [3.8, 4) is 0 Å². The van der Waals surface area contributed by atoms with Crippen LogP contribution in [0.5, 0.6) is 0 Å². The molecule has 0 bridgehead atoms. The van der Waals surface area contributed by atoms with Crippen LogP contribution < -0.4 is 15.7 Å². The number of morpholine rings is 1. The summed E-state index contributed by atoms with van der Waals surface area (Å²) < 4.78 is 5.33. The summed E-state index contributed by atoms with van der Waals surface area (Å²) in [6, 6.07) is 10.2. The molecule has 0 amide bonds. The van der Waals surface area contributed by atoms with Gasteiger partial charge in [-0.2, -0.15) is 15.0 Å². The third-order valence-electron chi connectivity index (χ3n) is 3.56. The first-order chi connectivity index (χ1) is 11.3.